The third kappa shape index (κ3) is 6.70. The molecule has 10 nitrogen and oxygen atoms in total. The minimum Gasteiger partial charge on any atom is -0.496 e. The molecular formula is C42H53N3O7. The minimum absolute atomic E-state index is 0.0420. The summed E-state index contributed by atoms with van der Waals surface area (Å²) in [5, 5.41) is 29.3. The van der Waals surface area contributed by atoms with Crippen molar-refractivity contribution in [3.05, 3.63) is 82.9 Å². The Labute approximate surface area is 306 Å². The number of aliphatic hydroxyl groups excluding tert-OH is 2. The standard InChI is InChI=1S/C42H53N3O7/c1-24-33-20-30(42(33,3)4)21-34(24)44-41(49)37-36(25(2)47)35(23-46)52-45(37)22-28-12-9-13-31(38(28)50-5)29-18-27-15-17-51-39(27)32(19-29)40(48)43-16-14-26-10-7-6-8-11-26/h6-13,18-19,24-25,30,33-37,46-47H,14-17,20-23H2,1-5H3,(H,43,48)(H,44,49)/t24-,25-,30+,33-,34-,35-,36-,37-/m0/s1. The Balaban J connectivity index is 1.14. The first-order chi connectivity index (χ1) is 25.0. The van der Waals surface area contributed by atoms with Gasteiger partial charge in [-0.3, -0.25) is 14.4 Å². The van der Waals surface area contributed by atoms with Crippen LogP contribution in [-0.2, 0) is 29.0 Å². The van der Waals surface area contributed by atoms with Crippen LogP contribution < -0.4 is 20.1 Å². The largest absolute Gasteiger partial charge is 0.496 e. The molecule has 8 atom stereocenters. The summed E-state index contributed by atoms with van der Waals surface area (Å²) in [6.07, 6.45) is 1.90. The Morgan fingerprint density at radius 1 is 1.10 bits per heavy atom. The van der Waals surface area contributed by atoms with E-state index in [4.69, 9.17) is 14.3 Å². The van der Waals surface area contributed by atoms with Crippen LogP contribution in [0.5, 0.6) is 11.5 Å². The quantitative estimate of drug-likeness (QED) is 0.208. The van der Waals surface area contributed by atoms with Gasteiger partial charge in [0.15, 0.2) is 0 Å². The van der Waals surface area contributed by atoms with Gasteiger partial charge in [-0.2, -0.15) is 5.06 Å². The number of ether oxygens (including phenoxy) is 2. The fourth-order valence-corrected chi connectivity index (χ4v) is 9.52. The lowest BCUT2D eigenvalue weighted by molar-refractivity contribution is -0.183. The van der Waals surface area contributed by atoms with E-state index in [2.05, 4.69) is 37.5 Å². The predicted octanol–water partition coefficient (Wildman–Crippen LogP) is 4.93. The van der Waals surface area contributed by atoms with Crippen LogP contribution in [0.4, 0.5) is 0 Å². The second-order valence-electron chi connectivity index (χ2n) is 15.8. The second kappa shape index (κ2) is 14.8. The van der Waals surface area contributed by atoms with Crippen LogP contribution in [0.15, 0.2) is 60.7 Å². The molecule has 3 aliphatic carbocycles. The number of nitrogens with zero attached hydrogens (tertiary/aromatic N) is 1. The molecule has 5 aliphatic rings. The zero-order valence-corrected chi connectivity index (χ0v) is 30.9. The number of carbonyl (C=O) groups is 2. The van der Waals surface area contributed by atoms with Crippen LogP contribution in [0.2, 0.25) is 0 Å². The van der Waals surface area contributed by atoms with Gasteiger partial charge in [-0.15, -0.1) is 0 Å². The lowest BCUT2D eigenvalue weighted by Crippen LogP contribution is -2.62. The van der Waals surface area contributed by atoms with Gasteiger partial charge in [0.1, 0.15) is 23.6 Å². The molecule has 2 bridgehead atoms. The van der Waals surface area contributed by atoms with E-state index in [1.54, 1.807) is 19.1 Å². The van der Waals surface area contributed by atoms with Gasteiger partial charge in [0.2, 0.25) is 5.91 Å². The Morgan fingerprint density at radius 3 is 2.58 bits per heavy atom. The fraction of sp³-hybridized carbons (Fsp3) is 0.524. The van der Waals surface area contributed by atoms with Crippen LogP contribution in [0.25, 0.3) is 11.1 Å². The number of hydroxylamine groups is 2. The van der Waals surface area contributed by atoms with Gasteiger partial charge in [0.05, 0.1) is 38.5 Å². The SMILES string of the molecule is COc1c(CN2O[C@@H](CO)[C@H]([C@H](C)O)[C@H]2C(=O)N[C@H]2C[C@H]3C[C@@H]([C@@H]2C)C3(C)C)cccc1-c1cc2c(c(C(=O)NCCc3ccccc3)c1)OCC2. The van der Waals surface area contributed by atoms with Crippen molar-refractivity contribution in [1.82, 2.24) is 15.7 Å². The number of benzene rings is 3. The molecular weight excluding hydrogens is 658 g/mol. The van der Waals surface area contributed by atoms with Crippen molar-refractivity contribution in [2.24, 2.45) is 29.1 Å². The molecule has 0 unspecified atom stereocenters. The Morgan fingerprint density at radius 2 is 1.88 bits per heavy atom. The molecule has 2 aliphatic heterocycles. The van der Waals surface area contributed by atoms with Gasteiger partial charge >= 0.3 is 0 Å². The van der Waals surface area contributed by atoms with Crippen LogP contribution in [0.3, 0.4) is 0 Å². The molecule has 3 saturated carbocycles. The smallest absolute Gasteiger partial charge is 0.255 e. The number of amides is 2. The first-order valence-electron chi connectivity index (χ1n) is 18.8. The van der Waals surface area contributed by atoms with Crippen LogP contribution >= 0.6 is 0 Å². The van der Waals surface area contributed by atoms with Gasteiger partial charge in [0, 0.05) is 36.1 Å². The second-order valence-corrected chi connectivity index (χ2v) is 15.8. The average molecular weight is 712 g/mol. The van der Waals surface area contributed by atoms with E-state index >= 15 is 0 Å². The molecule has 4 fully saturated rings. The molecule has 2 heterocycles. The Bertz CT molecular complexity index is 1780. The first-order valence-corrected chi connectivity index (χ1v) is 18.8. The molecule has 278 valence electrons. The summed E-state index contributed by atoms with van der Waals surface area (Å²) in [6.45, 7) is 9.39. The van der Waals surface area contributed by atoms with E-state index in [1.165, 1.54) is 6.42 Å². The first kappa shape index (κ1) is 36.4. The van der Waals surface area contributed by atoms with Gasteiger partial charge in [-0.05, 0) is 78.2 Å². The van der Waals surface area contributed by atoms with Crippen molar-refractivity contribution in [2.75, 3.05) is 26.9 Å². The maximum absolute atomic E-state index is 14.2. The van der Waals surface area contributed by atoms with Gasteiger partial charge in [-0.25, -0.2) is 0 Å². The minimum atomic E-state index is -0.895. The van der Waals surface area contributed by atoms with Gasteiger partial charge in [-0.1, -0.05) is 69.3 Å². The summed E-state index contributed by atoms with van der Waals surface area (Å²) in [7, 11) is 1.61. The summed E-state index contributed by atoms with van der Waals surface area (Å²) >= 11 is 0. The summed E-state index contributed by atoms with van der Waals surface area (Å²) in [6, 6.07) is 19.0. The monoisotopic (exact) mass is 711 g/mol. The fourth-order valence-electron chi connectivity index (χ4n) is 9.52. The zero-order valence-electron chi connectivity index (χ0n) is 30.9. The highest BCUT2D eigenvalue weighted by atomic mass is 16.7. The molecule has 0 radical (unpaired) electrons. The third-order valence-corrected chi connectivity index (χ3v) is 12.6. The number of rotatable bonds is 12. The number of para-hydroxylation sites is 1. The molecule has 52 heavy (non-hydrogen) atoms. The molecule has 0 aromatic heterocycles. The van der Waals surface area contributed by atoms with E-state index < -0.39 is 24.2 Å². The van der Waals surface area contributed by atoms with Crippen molar-refractivity contribution in [3.63, 3.8) is 0 Å². The van der Waals surface area contributed by atoms with Crippen molar-refractivity contribution in [1.29, 1.82) is 0 Å². The van der Waals surface area contributed by atoms with E-state index in [-0.39, 0.29) is 36.4 Å². The van der Waals surface area contributed by atoms with Crippen molar-refractivity contribution >= 4 is 11.8 Å². The lowest BCUT2D eigenvalue weighted by atomic mass is 9.45. The van der Waals surface area contributed by atoms with E-state index in [1.807, 2.05) is 54.6 Å². The highest BCUT2D eigenvalue weighted by Crippen LogP contribution is 2.61. The zero-order chi connectivity index (χ0) is 36.7. The number of hydrogen-bond acceptors (Lipinski definition) is 8. The van der Waals surface area contributed by atoms with Crippen molar-refractivity contribution < 1.29 is 34.1 Å². The maximum Gasteiger partial charge on any atom is 0.255 e. The van der Waals surface area contributed by atoms with Gasteiger partial charge in [0.25, 0.3) is 5.91 Å². The highest BCUT2D eigenvalue weighted by molar-refractivity contribution is 5.99. The number of aliphatic hydroxyl groups is 2. The van der Waals surface area contributed by atoms with Gasteiger partial charge < -0.3 is 30.3 Å². The lowest BCUT2D eigenvalue weighted by Gasteiger charge is -2.62. The number of nitrogens with one attached hydrogen (secondary N) is 2. The van der Waals surface area contributed by atoms with Crippen molar-refractivity contribution in [3.8, 4) is 22.6 Å². The molecule has 10 heteroatoms. The normalized spacial score (nSPS) is 27.9. The van der Waals surface area contributed by atoms with E-state index in [0.717, 1.165) is 34.2 Å². The topological polar surface area (TPSA) is 130 Å². The maximum atomic E-state index is 14.2. The molecule has 4 N–H and O–H groups in total. The number of hydrogen-bond donors (Lipinski definition) is 4. The summed E-state index contributed by atoms with van der Waals surface area (Å²) in [4.78, 5) is 34.1. The summed E-state index contributed by atoms with van der Waals surface area (Å²) in [5.74, 6) is 1.64. The van der Waals surface area contributed by atoms with Crippen LogP contribution in [0, 0.1) is 29.1 Å². The van der Waals surface area contributed by atoms with Crippen LogP contribution in [0.1, 0.15) is 67.6 Å². The number of fused-ring (bicyclic) bond motifs is 3. The van der Waals surface area contributed by atoms with E-state index in [9.17, 15) is 19.8 Å². The van der Waals surface area contributed by atoms with E-state index in [0.29, 0.717) is 60.8 Å². The molecule has 1 saturated heterocycles. The number of carbonyl (C=O) groups excluding carboxylic acids is 2. The molecule has 8 rings (SSSR count). The molecule has 3 aromatic carbocycles. The molecule has 2 amide bonds. The molecule has 3 aromatic rings. The Hall–Kier alpha value is -3.96. The molecule has 0 spiro atoms. The predicted molar refractivity (Wildman–Crippen MR) is 198 cm³/mol. The average Bonchev–Trinajstić information content (AvgIpc) is 3.77. The number of methoxy groups -OCH3 is 1. The Kier molecular flexibility index (Phi) is 10.4. The third-order valence-electron chi connectivity index (χ3n) is 12.6. The summed E-state index contributed by atoms with van der Waals surface area (Å²) < 4.78 is 12.0. The van der Waals surface area contributed by atoms with Crippen LogP contribution in [-0.4, -0.2) is 78.3 Å². The highest BCUT2D eigenvalue weighted by Gasteiger charge is 2.57. The van der Waals surface area contributed by atoms with Crippen molar-refractivity contribution in [2.45, 2.75) is 84.2 Å². The summed E-state index contributed by atoms with van der Waals surface area (Å²) in [5.41, 5.74) is 5.24.